The molecule has 0 radical (unpaired) electrons. The predicted molar refractivity (Wildman–Crippen MR) is 55.7 cm³/mol. The normalized spacial score (nSPS) is 10.0. The largest absolute Gasteiger partial charge is 0.359 e. The van der Waals surface area contributed by atoms with Crippen LogP contribution in [0.15, 0.2) is 0 Å². The lowest BCUT2D eigenvalue weighted by atomic mass is 10.1. The average Bonchev–Trinajstić information content (AvgIpc) is 2.16. The Morgan fingerprint density at radius 1 is 1.00 bits per heavy atom. The van der Waals surface area contributed by atoms with Gasteiger partial charge < -0.3 is 10.6 Å². The molecule has 0 unspecified atom stereocenters. The van der Waals surface area contributed by atoms with Gasteiger partial charge in [0.15, 0.2) is 0 Å². The van der Waals surface area contributed by atoms with E-state index in [1.165, 1.54) is 25.7 Å². The molecule has 0 rings (SSSR count). The van der Waals surface area contributed by atoms with Crippen LogP contribution in [0.25, 0.3) is 0 Å². The molecule has 0 heterocycles. The topological polar surface area (TPSA) is 41.1 Å². The summed E-state index contributed by atoms with van der Waals surface area (Å²) in [7, 11) is 3.67. The zero-order valence-corrected chi connectivity index (χ0v) is 8.86. The van der Waals surface area contributed by atoms with Crippen molar-refractivity contribution in [3.8, 4) is 0 Å². The highest BCUT2D eigenvalue weighted by Crippen LogP contribution is 2.04. The molecule has 0 bridgehead atoms. The quantitative estimate of drug-likeness (QED) is 0.561. The first-order valence-electron chi connectivity index (χ1n) is 5.16. The van der Waals surface area contributed by atoms with Gasteiger partial charge in [0, 0.05) is 13.5 Å². The van der Waals surface area contributed by atoms with Crippen LogP contribution in [0.4, 0.5) is 0 Å². The molecule has 0 aliphatic carbocycles. The first kappa shape index (κ1) is 12.4. The summed E-state index contributed by atoms with van der Waals surface area (Å²) in [6, 6.07) is 0. The highest BCUT2D eigenvalue weighted by molar-refractivity contribution is 5.75. The Labute approximate surface area is 81.3 Å². The Morgan fingerprint density at radius 3 is 2.23 bits per heavy atom. The maximum absolute atomic E-state index is 10.8. The van der Waals surface area contributed by atoms with Gasteiger partial charge in [0.05, 0.1) is 0 Å². The fraction of sp³-hybridized carbons (Fsp3) is 0.900. The van der Waals surface area contributed by atoms with Crippen molar-refractivity contribution in [2.75, 3.05) is 20.6 Å². The summed E-state index contributed by atoms with van der Waals surface area (Å²) < 4.78 is 0. The molecule has 0 aliphatic rings. The van der Waals surface area contributed by atoms with Crippen LogP contribution < -0.4 is 10.6 Å². The summed E-state index contributed by atoms with van der Waals surface area (Å²) in [6.45, 7) is 1.11. The first-order valence-corrected chi connectivity index (χ1v) is 5.16. The van der Waals surface area contributed by atoms with Gasteiger partial charge in [-0.25, -0.2) is 0 Å². The number of carbonyl (C=O) groups is 1. The van der Waals surface area contributed by atoms with Gasteiger partial charge in [0.25, 0.3) is 0 Å². The van der Waals surface area contributed by atoms with Crippen LogP contribution in [0, 0.1) is 0 Å². The third-order valence-electron chi connectivity index (χ3n) is 2.11. The molecule has 0 aromatic heterocycles. The molecule has 78 valence electrons. The van der Waals surface area contributed by atoms with Crippen LogP contribution >= 0.6 is 0 Å². The minimum absolute atomic E-state index is 0.162. The monoisotopic (exact) mass is 186 g/mol. The molecule has 0 atom stereocenters. The third kappa shape index (κ3) is 9.34. The maximum Gasteiger partial charge on any atom is 0.219 e. The summed E-state index contributed by atoms with van der Waals surface area (Å²) in [5.74, 6) is 0.162. The van der Waals surface area contributed by atoms with E-state index in [1.54, 1.807) is 7.05 Å². The van der Waals surface area contributed by atoms with Gasteiger partial charge >= 0.3 is 0 Å². The number of unbranched alkanes of at least 4 members (excludes halogenated alkanes) is 4. The second-order valence-electron chi connectivity index (χ2n) is 3.29. The molecule has 0 aliphatic heterocycles. The van der Waals surface area contributed by atoms with Gasteiger partial charge in [-0.1, -0.05) is 19.3 Å². The van der Waals surface area contributed by atoms with Gasteiger partial charge in [-0.3, -0.25) is 4.79 Å². The molecule has 0 aromatic carbocycles. The van der Waals surface area contributed by atoms with Crippen molar-refractivity contribution in [3.63, 3.8) is 0 Å². The van der Waals surface area contributed by atoms with Gasteiger partial charge in [-0.05, 0) is 26.4 Å². The summed E-state index contributed by atoms with van der Waals surface area (Å²) in [4.78, 5) is 10.8. The number of amides is 1. The lowest BCUT2D eigenvalue weighted by molar-refractivity contribution is -0.120. The Balaban J connectivity index is 2.95. The highest BCUT2D eigenvalue weighted by atomic mass is 16.1. The van der Waals surface area contributed by atoms with Crippen LogP contribution in [0.2, 0.25) is 0 Å². The van der Waals surface area contributed by atoms with E-state index >= 15 is 0 Å². The average molecular weight is 186 g/mol. The van der Waals surface area contributed by atoms with E-state index in [0.29, 0.717) is 6.42 Å². The zero-order chi connectivity index (χ0) is 9.94. The van der Waals surface area contributed by atoms with Gasteiger partial charge in [0.1, 0.15) is 0 Å². The van der Waals surface area contributed by atoms with Gasteiger partial charge in [0.2, 0.25) is 5.91 Å². The Kier molecular flexibility index (Phi) is 9.10. The van der Waals surface area contributed by atoms with E-state index in [1.807, 2.05) is 7.05 Å². The van der Waals surface area contributed by atoms with E-state index in [9.17, 15) is 4.79 Å². The Bertz CT molecular complexity index is 126. The second kappa shape index (κ2) is 9.52. The lowest BCUT2D eigenvalue weighted by Crippen LogP contribution is -2.16. The minimum atomic E-state index is 0.162. The number of rotatable bonds is 8. The lowest BCUT2D eigenvalue weighted by Gasteiger charge is -2.01. The summed E-state index contributed by atoms with van der Waals surface area (Å²) in [6.07, 6.45) is 6.66. The molecule has 1 amide bonds. The molecule has 0 saturated heterocycles. The van der Waals surface area contributed by atoms with E-state index in [4.69, 9.17) is 0 Å². The highest BCUT2D eigenvalue weighted by Gasteiger charge is 1.96. The van der Waals surface area contributed by atoms with Crippen molar-refractivity contribution in [2.24, 2.45) is 0 Å². The summed E-state index contributed by atoms with van der Waals surface area (Å²) >= 11 is 0. The van der Waals surface area contributed by atoms with Crippen LogP contribution in [0.5, 0.6) is 0 Å². The second-order valence-corrected chi connectivity index (χ2v) is 3.29. The molecule has 3 heteroatoms. The standard InChI is InChI=1S/C10H22N2O/c1-11-9-7-5-3-4-6-8-10(13)12-2/h11H,3-9H2,1-2H3,(H,12,13). The summed E-state index contributed by atoms with van der Waals surface area (Å²) in [5.41, 5.74) is 0. The minimum Gasteiger partial charge on any atom is -0.359 e. The van der Waals surface area contributed by atoms with Crippen LogP contribution in [0.3, 0.4) is 0 Å². The van der Waals surface area contributed by atoms with E-state index < -0.39 is 0 Å². The van der Waals surface area contributed by atoms with Crippen molar-refractivity contribution in [3.05, 3.63) is 0 Å². The SMILES string of the molecule is CNCCCCCCCC(=O)NC. The van der Waals surface area contributed by atoms with Crippen molar-refractivity contribution in [1.29, 1.82) is 0 Å². The first-order chi connectivity index (χ1) is 6.31. The van der Waals surface area contributed by atoms with Gasteiger partial charge in [-0.15, -0.1) is 0 Å². The molecule has 13 heavy (non-hydrogen) atoms. The number of carbonyl (C=O) groups excluding carboxylic acids is 1. The van der Waals surface area contributed by atoms with Crippen LogP contribution in [-0.4, -0.2) is 26.5 Å². The van der Waals surface area contributed by atoms with Crippen molar-refractivity contribution in [2.45, 2.75) is 38.5 Å². The van der Waals surface area contributed by atoms with Crippen LogP contribution in [-0.2, 0) is 4.79 Å². The van der Waals surface area contributed by atoms with Gasteiger partial charge in [-0.2, -0.15) is 0 Å². The number of hydrogen-bond donors (Lipinski definition) is 2. The number of nitrogens with one attached hydrogen (secondary N) is 2. The molecular weight excluding hydrogens is 164 g/mol. The fourth-order valence-electron chi connectivity index (χ4n) is 1.24. The summed E-state index contributed by atoms with van der Waals surface area (Å²) in [5, 5.41) is 5.75. The molecule has 0 saturated carbocycles. The van der Waals surface area contributed by atoms with E-state index in [2.05, 4.69) is 10.6 Å². The maximum atomic E-state index is 10.8. The predicted octanol–water partition coefficient (Wildman–Crippen LogP) is 1.29. The van der Waals surface area contributed by atoms with Crippen LogP contribution in [0.1, 0.15) is 38.5 Å². The Morgan fingerprint density at radius 2 is 1.62 bits per heavy atom. The fourth-order valence-corrected chi connectivity index (χ4v) is 1.24. The van der Waals surface area contributed by atoms with Crippen molar-refractivity contribution in [1.82, 2.24) is 10.6 Å². The van der Waals surface area contributed by atoms with Crippen molar-refractivity contribution >= 4 is 5.91 Å². The molecule has 2 N–H and O–H groups in total. The third-order valence-corrected chi connectivity index (χ3v) is 2.11. The molecule has 3 nitrogen and oxygen atoms in total. The van der Waals surface area contributed by atoms with E-state index in [-0.39, 0.29) is 5.91 Å². The Hall–Kier alpha value is -0.570. The smallest absolute Gasteiger partial charge is 0.219 e. The molecular formula is C10H22N2O. The molecule has 0 fully saturated rings. The number of hydrogen-bond acceptors (Lipinski definition) is 2. The molecule has 0 spiro atoms. The molecule has 0 aromatic rings. The zero-order valence-electron chi connectivity index (χ0n) is 8.86. The van der Waals surface area contributed by atoms with Crippen molar-refractivity contribution < 1.29 is 4.79 Å². The van der Waals surface area contributed by atoms with E-state index in [0.717, 1.165) is 13.0 Å².